The predicted molar refractivity (Wildman–Crippen MR) is 128 cm³/mol. The Morgan fingerprint density at radius 1 is 1.12 bits per heavy atom. The maximum absolute atomic E-state index is 12.9. The van der Waals surface area contributed by atoms with Crippen LogP contribution in [-0.4, -0.2) is 65.8 Å². The van der Waals surface area contributed by atoms with E-state index in [2.05, 4.69) is 33.0 Å². The summed E-state index contributed by atoms with van der Waals surface area (Å²) in [5, 5.41) is 7.70. The Morgan fingerprint density at radius 3 is 2.31 bits per heavy atom. The third kappa shape index (κ3) is 6.73. The van der Waals surface area contributed by atoms with Crippen LogP contribution in [0.25, 0.3) is 5.69 Å². The van der Waals surface area contributed by atoms with E-state index in [-0.39, 0.29) is 23.9 Å². The van der Waals surface area contributed by atoms with E-state index in [0.29, 0.717) is 12.4 Å². The van der Waals surface area contributed by atoms with Crippen molar-refractivity contribution in [2.75, 3.05) is 39.6 Å². The number of benzene rings is 1. The van der Waals surface area contributed by atoms with Gasteiger partial charge in [-0.1, -0.05) is 40.5 Å². The van der Waals surface area contributed by atoms with Crippen LogP contribution in [0.15, 0.2) is 30.3 Å². The topological polar surface area (TPSA) is 79.7 Å². The van der Waals surface area contributed by atoms with E-state index in [0.717, 1.165) is 36.4 Å². The molecule has 32 heavy (non-hydrogen) atoms. The van der Waals surface area contributed by atoms with Crippen LogP contribution < -0.4 is 10.1 Å². The summed E-state index contributed by atoms with van der Waals surface area (Å²) in [6.07, 6.45) is 2.92. The zero-order valence-corrected chi connectivity index (χ0v) is 20.4. The average molecular weight is 444 g/mol. The molecule has 1 heterocycles. The molecule has 8 heteroatoms. The lowest BCUT2D eigenvalue weighted by Crippen LogP contribution is -2.44. The van der Waals surface area contributed by atoms with Crippen LogP contribution in [0.2, 0.25) is 0 Å². The zero-order chi connectivity index (χ0) is 23.9. The third-order valence-corrected chi connectivity index (χ3v) is 5.08. The highest BCUT2D eigenvalue weighted by Gasteiger charge is 2.23. The lowest BCUT2D eigenvalue weighted by Gasteiger charge is -2.25. The number of nitrogens with zero attached hydrogens (tertiary/aromatic N) is 4. The number of amides is 3. The van der Waals surface area contributed by atoms with Crippen LogP contribution in [0.4, 0.5) is 10.6 Å². The van der Waals surface area contributed by atoms with Gasteiger partial charge in [0, 0.05) is 32.1 Å². The lowest BCUT2D eigenvalue weighted by molar-refractivity contribution is -0.116. The Morgan fingerprint density at radius 2 is 1.78 bits per heavy atom. The number of carbonyl (C=O) groups is 2. The molecule has 1 aromatic heterocycles. The van der Waals surface area contributed by atoms with Gasteiger partial charge in [-0.15, -0.1) is 0 Å². The van der Waals surface area contributed by atoms with Gasteiger partial charge < -0.3 is 19.9 Å². The van der Waals surface area contributed by atoms with Crippen molar-refractivity contribution >= 4 is 17.8 Å². The number of urea groups is 1. The Bertz CT molecular complexity index is 897. The molecule has 0 bridgehead atoms. The quantitative estimate of drug-likeness (QED) is 0.586. The van der Waals surface area contributed by atoms with Gasteiger partial charge in [0.1, 0.15) is 18.1 Å². The first-order valence-electron chi connectivity index (χ1n) is 11.1. The molecule has 0 fully saturated rings. The largest absolute Gasteiger partial charge is 0.497 e. The van der Waals surface area contributed by atoms with Gasteiger partial charge in [0.25, 0.3) is 0 Å². The predicted octanol–water partition coefficient (Wildman–Crippen LogP) is 4.29. The molecule has 0 unspecified atom stereocenters. The average Bonchev–Trinajstić information content (AvgIpc) is 3.16. The Kier molecular flexibility index (Phi) is 8.69. The molecule has 0 aliphatic heterocycles. The second-order valence-electron chi connectivity index (χ2n) is 9.13. The van der Waals surface area contributed by atoms with Crippen LogP contribution in [0, 0.1) is 0 Å². The van der Waals surface area contributed by atoms with Crippen molar-refractivity contribution in [1.29, 1.82) is 0 Å². The fourth-order valence-corrected chi connectivity index (χ4v) is 3.19. The molecule has 8 nitrogen and oxygen atoms in total. The van der Waals surface area contributed by atoms with Crippen molar-refractivity contribution in [3.05, 3.63) is 36.0 Å². The molecule has 0 spiro atoms. The molecule has 0 radical (unpaired) electrons. The normalized spacial score (nSPS) is 11.2. The monoisotopic (exact) mass is 443 g/mol. The third-order valence-electron chi connectivity index (χ3n) is 5.08. The molecule has 0 atom stereocenters. The number of hydrogen-bond donors (Lipinski definition) is 1. The number of unbranched alkanes of at least 4 members (excludes halogenated alkanes) is 2. The molecule has 0 saturated heterocycles. The van der Waals surface area contributed by atoms with E-state index in [9.17, 15) is 9.59 Å². The molecular formula is C24H37N5O3. The number of hydrogen-bond acceptors (Lipinski definition) is 4. The highest BCUT2D eigenvalue weighted by Crippen LogP contribution is 2.27. The van der Waals surface area contributed by atoms with Gasteiger partial charge in [0.15, 0.2) is 0 Å². The molecule has 0 aliphatic carbocycles. The van der Waals surface area contributed by atoms with Crippen molar-refractivity contribution in [2.45, 2.75) is 52.4 Å². The summed E-state index contributed by atoms with van der Waals surface area (Å²) in [7, 11) is 5.01. The van der Waals surface area contributed by atoms with Crippen LogP contribution in [0.3, 0.4) is 0 Å². The Balaban J connectivity index is 2.27. The van der Waals surface area contributed by atoms with Crippen molar-refractivity contribution in [1.82, 2.24) is 19.6 Å². The standard InChI is InChI=1S/C24H37N5O3/c1-8-9-10-15-28(23(31)27(5)6)17-22(30)25-21-16-20(24(2,3)4)26-29(21)18-11-13-19(32-7)14-12-18/h11-14,16H,8-10,15,17H2,1-7H3,(H,25,30). The summed E-state index contributed by atoms with van der Waals surface area (Å²) in [6, 6.07) is 9.20. The highest BCUT2D eigenvalue weighted by molar-refractivity contribution is 5.94. The first kappa shape index (κ1) is 25.2. The molecule has 1 aromatic carbocycles. The van der Waals surface area contributed by atoms with E-state index in [1.807, 2.05) is 30.3 Å². The minimum atomic E-state index is -0.258. The van der Waals surface area contributed by atoms with Gasteiger partial charge >= 0.3 is 6.03 Å². The smallest absolute Gasteiger partial charge is 0.319 e. The molecule has 0 aliphatic rings. The second kappa shape index (κ2) is 11.0. The zero-order valence-electron chi connectivity index (χ0n) is 20.4. The highest BCUT2D eigenvalue weighted by atomic mass is 16.5. The van der Waals surface area contributed by atoms with E-state index in [1.54, 1.807) is 30.8 Å². The maximum Gasteiger partial charge on any atom is 0.319 e. The van der Waals surface area contributed by atoms with Gasteiger partial charge in [-0.05, 0) is 30.7 Å². The Labute approximate surface area is 191 Å². The molecule has 2 aromatic rings. The molecule has 0 saturated carbocycles. The maximum atomic E-state index is 12.9. The van der Waals surface area contributed by atoms with Gasteiger partial charge in [0.2, 0.25) is 5.91 Å². The number of rotatable bonds is 9. The van der Waals surface area contributed by atoms with Gasteiger partial charge in [-0.2, -0.15) is 5.10 Å². The van der Waals surface area contributed by atoms with Crippen LogP contribution >= 0.6 is 0 Å². The summed E-state index contributed by atoms with van der Waals surface area (Å²) in [5.74, 6) is 1.05. The summed E-state index contributed by atoms with van der Waals surface area (Å²) >= 11 is 0. The molecular weight excluding hydrogens is 406 g/mol. The van der Waals surface area contributed by atoms with Crippen molar-refractivity contribution < 1.29 is 14.3 Å². The molecule has 3 amide bonds. The minimum Gasteiger partial charge on any atom is -0.497 e. The SMILES string of the molecule is CCCCCN(CC(=O)Nc1cc(C(C)(C)C)nn1-c1ccc(OC)cc1)C(=O)N(C)C. The number of ether oxygens (including phenoxy) is 1. The summed E-state index contributed by atoms with van der Waals surface area (Å²) in [5.41, 5.74) is 1.47. The summed E-state index contributed by atoms with van der Waals surface area (Å²) in [4.78, 5) is 28.6. The van der Waals surface area contributed by atoms with E-state index < -0.39 is 0 Å². The number of anilines is 1. The number of carbonyl (C=O) groups excluding carboxylic acids is 2. The first-order chi connectivity index (χ1) is 15.1. The number of nitrogens with one attached hydrogen (secondary N) is 1. The molecule has 2 rings (SSSR count). The summed E-state index contributed by atoms with van der Waals surface area (Å²) < 4.78 is 6.96. The fraction of sp³-hybridized carbons (Fsp3) is 0.542. The number of methoxy groups -OCH3 is 1. The summed E-state index contributed by atoms with van der Waals surface area (Å²) in [6.45, 7) is 8.86. The Hall–Kier alpha value is -3.03. The van der Waals surface area contributed by atoms with Crippen LogP contribution in [0.5, 0.6) is 5.75 Å². The minimum absolute atomic E-state index is 0.0145. The number of aromatic nitrogens is 2. The van der Waals surface area contributed by atoms with Crippen molar-refractivity contribution in [2.24, 2.45) is 0 Å². The van der Waals surface area contributed by atoms with Gasteiger partial charge in [-0.3, -0.25) is 4.79 Å². The van der Waals surface area contributed by atoms with Crippen LogP contribution in [-0.2, 0) is 10.2 Å². The van der Waals surface area contributed by atoms with Gasteiger partial charge in [-0.25, -0.2) is 9.48 Å². The van der Waals surface area contributed by atoms with E-state index in [4.69, 9.17) is 9.84 Å². The van der Waals surface area contributed by atoms with Gasteiger partial charge in [0.05, 0.1) is 18.5 Å². The van der Waals surface area contributed by atoms with Crippen LogP contribution in [0.1, 0.15) is 52.7 Å². The fourth-order valence-electron chi connectivity index (χ4n) is 3.19. The molecule has 176 valence electrons. The van der Waals surface area contributed by atoms with Crippen molar-refractivity contribution in [3.8, 4) is 11.4 Å². The first-order valence-corrected chi connectivity index (χ1v) is 11.1. The molecule has 1 N–H and O–H groups in total. The van der Waals surface area contributed by atoms with E-state index in [1.165, 1.54) is 4.90 Å². The second-order valence-corrected chi connectivity index (χ2v) is 9.13. The lowest BCUT2D eigenvalue weighted by atomic mass is 9.92. The van der Waals surface area contributed by atoms with E-state index >= 15 is 0 Å². The van der Waals surface area contributed by atoms with Crippen molar-refractivity contribution in [3.63, 3.8) is 0 Å².